The van der Waals surface area contributed by atoms with Crippen LogP contribution in [0.3, 0.4) is 0 Å². The number of carbonyl (C=O) groups excluding carboxylic acids is 1. The Morgan fingerprint density at radius 1 is 1.39 bits per heavy atom. The van der Waals surface area contributed by atoms with Crippen LogP contribution < -0.4 is 0 Å². The van der Waals surface area contributed by atoms with Crippen molar-refractivity contribution in [2.24, 2.45) is 5.92 Å². The maximum absolute atomic E-state index is 12.6. The van der Waals surface area contributed by atoms with E-state index < -0.39 is 0 Å². The first-order valence-electron chi connectivity index (χ1n) is 6.39. The quantitative estimate of drug-likeness (QED) is 0.861. The molecule has 0 aliphatic heterocycles. The SMILES string of the molecule is CC(C)N(C(=O)C1=C(Br)C(O)=CC[C@@H]1C)C(C)C. The van der Waals surface area contributed by atoms with Gasteiger partial charge in [0.2, 0.25) is 0 Å². The fraction of sp³-hybridized carbons (Fsp3) is 0.643. The highest BCUT2D eigenvalue weighted by Crippen LogP contribution is 2.34. The first-order chi connectivity index (χ1) is 8.27. The molecule has 0 saturated heterocycles. The first-order valence-corrected chi connectivity index (χ1v) is 7.18. The molecule has 1 atom stereocenters. The molecule has 3 nitrogen and oxygen atoms in total. The molecule has 0 heterocycles. The lowest BCUT2D eigenvalue weighted by atomic mass is 9.91. The monoisotopic (exact) mass is 315 g/mol. The van der Waals surface area contributed by atoms with Gasteiger partial charge in [-0.3, -0.25) is 4.79 Å². The third kappa shape index (κ3) is 2.97. The van der Waals surface area contributed by atoms with Gasteiger partial charge < -0.3 is 10.0 Å². The van der Waals surface area contributed by atoms with Crippen molar-refractivity contribution >= 4 is 21.8 Å². The second-order valence-corrected chi connectivity index (χ2v) is 6.15. The molecule has 18 heavy (non-hydrogen) atoms. The van der Waals surface area contributed by atoms with E-state index in [1.54, 1.807) is 6.08 Å². The standard InChI is InChI=1S/C14H22BrNO2/c1-8(2)16(9(3)4)14(18)12-10(5)6-7-11(17)13(12)15/h7-10,17H,6H2,1-5H3/t10-/m0/s1. The van der Waals surface area contributed by atoms with Crippen LogP contribution in [0, 0.1) is 5.92 Å². The third-order valence-corrected chi connectivity index (χ3v) is 4.03. The molecule has 0 bridgehead atoms. The minimum atomic E-state index is 0.0130. The van der Waals surface area contributed by atoms with Crippen molar-refractivity contribution in [1.29, 1.82) is 0 Å². The van der Waals surface area contributed by atoms with Gasteiger partial charge >= 0.3 is 0 Å². The number of halogens is 1. The van der Waals surface area contributed by atoms with E-state index in [-0.39, 0.29) is 29.7 Å². The summed E-state index contributed by atoms with van der Waals surface area (Å²) in [7, 11) is 0. The summed E-state index contributed by atoms with van der Waals surface area (Å²) >= 11 is 3.34. The lowest BCUT2D eigenvalue weighted by Gasteiger charge is -2.34. The molecule has 1 amide bonds. The van der Waals surface area contributed by atoms with E-state index in [0.717, 1.165) is 0 Å². The molecule has 1 rings (SSSR count). The number of rotatable bonds is 3. The Balaban J connectivity index is 3.15. The summed E-state index contributed by atoms with van der Waals surface area (Å²) in [6.45, 7) is 10.0. The topological polar surface area (TPSA) is 40.5 Å². The molecular weight excluding hydrogens is 294 g/mol. The van der Waals surface area contributed by atoms with Crippen molar-refractivity contribution in [3.63, 3.8) is 0 Å². The van der Waals surface area contributed by atoms with E-state index in [9.17, 15) is 9.90 Å². The Morgan fingerprint density at radius 3 is 2.33 bits per heavy atom. The normalized spacial score (nSPS) is 20.4. The van der Waals surface area contributed by atoms with Crippen molar-refractivity contribution < 1.29 is 9.90 Å². The fourth-order valence-electron chi connectivity index (χ4n) is 2.36. The van der Waals surface area contributed by atoms with Crippen LogP contribution in [-0.4, -0.2) is 28.0 Å². The lowest BCUT2D eigenvalue weighted by molar-refractivity contribution is -0.131. The molecule has 4 heteroatoms. The molecule has 0 aromatic carbocycles. The Kier molecular flexibility index (Phi) is 5.02. The van der Waals surface area contributed by atoms with Gasteiger partial charge in [-0.25, -0.2) is 0 Å². The van der Waals surface area contributed by atoms with Gasteiger partial charge in [-0.2, -0.15) is 0 Å². The minimum Gasteiger partial charge on any atom is -0.507 e. The average Bonchev–Trinajstić information content (AvgIpc) is 2.23. The zero-order valence-corrected chi connectivity index (χ0v) is 13.3. The molecular formula is C14H22BrNO2. The highest BCUT2D eigenvalue weighted by molar-refractivity contribution is 9.12. The molecule has 0 saturated carbocycles. The van der Waals surface area contributed by atoms with Gasteiger partial charge in [0.15, 0.2) is 0 Å². The maximum Gasteiger partial charge on any atom is 0.251 e. The van der Waals surface area contributed by atoms with Crippen LogP contribution in [-0.2, 0) is 4.79 Å². The first kappa shape index (κ1) is 15.3. The van der Waals surface area contributed by atoms with Crippen LogP contribution in [0.5, 0.6) is 0 Å². The molecule has 0 aromatic rings. The molecule has 0 spiro atoms. The van der Waals surface area contributed by atoms with Gasteiger partial charge in [0.05, 0.1) is 4.48 Å². The summed E-state index contributed by atoms with van der Waals surface area (Å²) in [5.41, 5.74) is 0.678. The van der Waals surface area contributed by atoms with Crippen molar-refractivity contribution in [3.05, 3.63) is 21.9 Å². The molecule has 1 N–H and O–H groups in total. The van der Waals surface area contributed by atoms with Crippen LogP contribution >= 0.6 is 15.9 Å². The minimum absolute atomic E-state index is 0.0130. The van der Waals surface area contributed by atoms with E-state index >= 15 is 0 Å². The van der Waals surface area contributed by atoms with Crippen molar-refractivity contribution in [1.82, 2.24) is 4.90 Å². The largest absolute Gasteiger partial charge is 0.507 e. The molecule has 0 aromatic heterocycles. The number of carbonyl (C=O) groups is 1. The Hall–Kier alpha value is -0.770. The lowest BCUT2D eigenvalue weighted by Crippen LogP contribution is -2.44. The van der Waals surface area contributed by atoms with Crippen LogP contribution in [0.25, 0.3) is 0 Å². The maximum atomic E-state index is 12.6. The van der Waals surface area contributed by atoms with E-state index in [2.05, 4.69) is 15.9 Å². The summed E-state index contributed by atoms with van der Waals surface area (Å²) in [5.74, 6) is 0.311. The molecule has 0 fully saturated rings. The van der Waals surface area contributed by atoms with Crippen molar-refractivity contribution in [3.8, 4) is 0 Å². The van der Waals surface area contributed by atoms with Crippen LogP contribution in [0.15, 0.2) is 21.9 Å². The Labute approximate surface area is 118 Å². The van der Waals surface area contributed by atoms with E-state index in [1.807, 2.05) is 39.5 Å². The molecule has 1 aliphatic rings. The number of amides is 1. The van der Waals surface area contributed by atoms with Crippen LogP contribution in [0.2, 0.25) is 0 Å². The van der Waals surface area contributed by atoms with Gasteiger partial charge in [-0.15, -0.1) is 0 Å². The smallest absolute Gasteiger partial charge is 0.251 e. The number of allylic oxidation sites excluding steroid dienone is 2. The van der Waals surface area contributed by atoms with E-state index in [4.69, 9.17) is 0 Å². The van der Waals surface area contributed by atoms with Crippen LogP contribution in [0.4, 0.5) is 0 Å². The predicted molar refractivity (Wildman–Crippen MR) is 77.6 cm³/mol. The second kappa shape index (κ2) is 5.91. The third-order valence-electron chi connectivity index (χ3n) is 3.20. The van der Waals surface area contributed by atoms with Gasteiger partial charge in [0.1, 0.15) is 5.76 Å². The molecule has 0 unspecified atom stereocenters. The number of aliphatic hydroxyl groups excluding tert-OH is 1. The fourth-order valence-corrected chi connectivity index (χ4v) is 3.08. The zero-order valence-electron chi connectivity index (χ0n) is 11.7. The summed E-state index contributed by atoms with van der Waals surface area (Å²) in [6, 6.07) is 0.288. The number of hydrogen-bond acceptors (Lipinski definition) is 2. The highest BCUT2D eigenvalue weighted by atomic mass is 79.9. The Morgan fingerprint density at radius 2 is 1.89 bits per heavy atom. The summed E-state index contributed by atoms with van der Waals surface area (Å²) in [4.78, 5) is 14.5. The summed E-state index contributed by atoms with van der Waals surface area (Å²) < 4.78 is 0.539. The highest BCUT2D eigenvalue weighted by Gasteiger charge is 2.31. The van der Waals surface area contributed by atoms with Gasteiger partial charge in [-0.05, 0) is 62.0 Å². The summed E-state index contributed by atoms with van der Waals surface area (Å²) in [6.07, 6.45) is 2.45. The van der Waals surface area contributed by atoms with Gasteiger partial charge in [-0.1, -0.05) is 6.92 Å². The van der Waals surface area contributed by atoms with Gasteiger partial charge in [0.25, 0.3) is 5.91 Å². The van der Waals surface area contributed by atoms with Gasteiger partial charge in [0, 0.05) is 17.7 Å². The summed E-state index contributed by atoms with van der Waals surface area (Å²) in [5, 5.41) is 9.76. The molecule has 0 radical (unpaired) electrons. The number of nitrogens with zero attached hydrogens (tertiary/aromatic N) is 1. The molecule has 1 aliphatic carbocycles. The Bertz CT molecular complexity index is 389. The van der Waals surface area contributed by atoms with Crippen molar-refractivity contribution in [2.75, 3.05) is 0 Å². The van der Waals surface area contributed by atoms with E-state index in [1.165, 1.54) is 0 Å². The van der Waals surface area contributed by atoms with E-state index in [0.29, 0.717) is 16.5 Å². The number of hydrogen-bond donors (Lipinski definition) is 1. The second-order valence-electron chi connectivity index (χ2n) is 5.35. The number of aliphatic hydroxyl groups is 1. The van der Waals surface area contributed by atoms with Crippen molar-refractivity contribution in [2.45, 2.75) is 53.1 Å². The molecule has 102 valence electrons. The zero-order chi connectivity index (χ0) is 14.0. The average molecular weight is 316 g/mol. The van der Waals surface area contributed by atoms with Crippen LogP contribution in [0.1, 0.15) is 41.0 Å². The predicted octanol–water partition coefficient (Wildman–Crippen LogP) is 3.76.